The first-order valence-corrected chi connectivity index (χ1v) is 10.3. The summed E-state index contributed by atoms with van der Waals surface area (Å²) in [6.07, 6.45) is 8.60. The van der Waals surface area contributed by atoms with E-state index in [-0.39, 0.29) is 5.41 Å². The van der Waals surface area contributed by atoms with Gasteiger partial charge in [-0.15, -0.1) is 0 Å². The number of allylic oxidation sites excluding steroid dienone is 2. The zero-order valence-corrected chi connectivity index (χ0v) is 17.6. The standard InChI is InChI=1S/C23H30N2O3/c1-14-18(16(3)27-24-14)12-23(13-19-15(2)25-28-17(19)4)20-8-6-7-10-22(20,5)11-9-21(23)26/h8H,6-7,9-13H2,1-5H3. The molecule has 0 aromatic carbocycles. The third-order valence-electron chi connectivity index (χ3n) is 7.20. The van der Waals surface area contributed by atoms with Crippen molar-refractivity contribution in [1.82, 2.24) is 10.3 Å². The van der Waals surface area contributed by atoms with Crippen molar-refractivity contribution in [3.63, 3.8) is 0 Å². The van der Waals surface area contributed by atoms with Crippen molar-refractivity contribution in [3.05, 3.63) is 45.7 Å². The molecule has 0 saturated heterocycles. The summed E-state index contributed by atoms with van der Waals surface area (Å²) in [5.41, 5.74) is 4.73. The third kappa shape index (κ3) is 2.87. The topological polar surface area (TPSA) is 69.1 Å². The molecule has 1 saturated carbocycles. The minimum atomic E-state index is -0.574. The van der Waals surface area contributed by atoms with E-state index >= 15 is 0 Å². The van der Waals surface area contributed by atoms with Crippen molar-refractivity contribution in [2.24, 2.45) is 10.8 Å². The van der Waals surface area contributed by atoms with Crippen molar-refractivity contribution in [1.29, 1.82) is 0 Å². The molecule has 2 aliphatic carbocycles. The molecule has 0 amide bonds. The quantitative estimate of drug-likeness (QED) is 0.684. The van der Waals surface area contributed by atoms with Crippen LogP contribution in [-0.2, 0) is 17.6 Å². The van der Waals surface area contributed by atoms with Gasteiger partial charge in [-0.2, -0.15) is 0 Å². The number of aryl methyl sites for hydroxylation is 4. The number of hydrogen-bond acceptors (Lipinski definition) is 5. The van der Waals surface area contributed by atoms with Gasteiger partial charge in [0.1, 0.15) is 17.3 Å². The van der Waals surface area contributed by atoms with Crippen LogP contribution in [0.4, 0.5) is 0 Å². The molecule has 1 fully saturated rings. The number of fused-ring (bicyclic) bond motifs is 1. The van der Waals surface area contributed by atoms with Crippen LogP contribution >= 0.6 is 0 Å². The Morgan fingerprint density at radius 3 is 2.04 bits per heavy atom. The first-order valence-electron chi connectivity index (χ1n) is 10.3. The number of hydrogen-bond donors (Lipinski definition) is 0. The van der Waals surface area contributed by atoms with Gasteiger partial charge in [0.15, 0.2) is 0 Å². The number of rotatable bonds is 4. The summed E-state index contributed by atoms with van der Waals surface area (Å²) in [5, 5.41) is 8.31. The zero-order chi connectivity index (χ0) is 20.1. The summed E-state index contributed by atoms with van der Waals surface area (Å²) in [7, 11) is 0. The molecule has 2 aromatic heterocycles. The number of Topliss-reactive ketones (excluding diaryl/α,β-unsaturated/α-hetero) is 1. The fourth-order valence-electron chi connectivity index (χ4n) is 5.49. The van der Waals surface area contributed by atoms with Gasteiger partial charge >= 0.3 is 0 Å². The molecule has 5 heteroatoms. The van der Waals surface area contributed by atoms with E-state index in [0.717, 1.165) is 53.3 Å². The molecule has 2 heterocycles. The second-order valence-electron chi connectivity index (χ2n) is 9.03. The average molecular weight is 383 g/mol. The molecule has 0 bridgehead atoms. The lowest BCUT2D eigenvalue weighted by atomic mass is 9.52. The van der Waals surface area contributed by atoms with Gasteiger partial charge < -0.3 is 9.05 Å². The molecule has 0 spiro atoms. The SMILES string of the molecule is Cc1noc(C)c1CC1(Cc2c(C)noc2C)C(=O)CCC2(C)CCCC=C21. The van der Waals surface area contributed by atoms with Crippen molar-refractivity contribution in [3.8, 4) is 0 Å². The summed E-state index contributed by atoms with van der Waals surface area (Å²) >= 11 is 0. The molecular formula is C23H30N2O3. The Labute approximate surface area is 166 Å². The van der Waals surface area contributed by atoms with Crippen LogP contribution in [0.25, 0.3) is 0 Å². The molecule has 4 rings (SSSR count). The predicted octanol–water partition coefficient (Wildman–Crippen LogP) is 5.15. The number of aromatic nitrogens is 2. The van der Waals surface area contributed by atoms with Gasteiger partial charge in [-0.05, 0) is 71.6 Å². The second-order valence-corrected chi connectivity index (χ2v) is 9.03. The van der Waals surface area contributed by atoms with Gasteiger partial charge in [0.2, 0.25) is 0 Å². The Morgan fingerprint density at radius 2 is 1.54 bits per heavy atom. The van der Waals surface area contributed by atoms with Gasteiger partial charge in [-0.3, -0.25) is 4.79 Å². The van der Waals surface area contributed by atoms with Crippen molar-refractivity contribution in [2.45, 2.75) is 79.6 Å². The summed E-state index contributed by atoms with van der Waals surface area (Å²) < 4.78 is 10.9. The molecule has 1 atom stereocenters. The van der Waals surface area contributed by atoms with Crippen LogP contribution in [0.15, 0.2) is 20.7 Å². The van der Waals surface area contributed by atoms with E-state index in [1.54, 1.807) is 0 Å². The number of carbonyl (C=O) groups excluding carboxylic acids is 1. The second kappa shape index (κ2) is 6.71. The first-order chi connectivity index (χ1) is 13.3. The van der Waals surface area contributed by atoms with E-state index in [1.807, 2.05) is 27.7 Å². The maximum Gasteiger partial charge on any atom is 0.143 e. The molecule has 5 nitrogen and oxygen atoms in total. The van der Waals surface area contributed by atoms with E-state index in [9.17, 15) is 4.79 Å². The van der Waals surface area contributed by atoms with Gasteiger partial charge in [0.25, 0.3) is 0 Å². The molecule has 0 aliphatic heterocycles. The van der Waals surface area contributed by atoms with Gasteiger partial charge in [-0.25, -0.2) is 0 Å². The Balaban J connectivity index is 1.90. The monoisotopic (exact) mass is 382 g/mol. The molecule has 150 valence electrons. The van der Waals surface area contributed by atoms with Crippen LogP contribution in [0.3, 0.4) is 0 Å². The van der Waals surface area contributed by atoms with E-state index in [0.29, 0.717) is 25.0 Å². The van der Waals surface area contributed by atoms with Crippen LogP contribution in [0.2, 0.25) is 0 Å². The maximum absolute atomic E-state index is 13.7. The highest BCUT2D eigenvalue weighted by Crippen LogP contribution is 2.56. The molecule has 0 N–H and O–H groups in total. The van der Waals surface area contributed by atoms with E-state index in [4.69, 9.17) is 9.05 Å². The molecule has 2 aromatic rings. The summed E-state index contributed by atoms with van der Waals surface area (Å²) in [6.45, 7) is 10.2. The number of carbonyl (C=O) groups is 1. The van der Waals surface area contributed by atoms with Crippen LogP contribution in [0.1, 0.15) is 73.1 Å². The summed E-state index contributed by atoms with van der Waals surface area (Å²) in [6, 6.07) is 0. The normalized spacial score (nSPS) is 24.2. The van der Waals surface area contributed by atoms with Gasteiger partial charge in [-0.1, -0.05) is 28.9 Å². The highest BCUT2D eigenvalue weighted by atomic mass is 16.5. The Hall–Kier alpha value is -2.17. The highest BCUT2D eigenvalue weighted by molar-refractivity contribution is 5.90. The number of ketones is 1. The molecule has 2 aliphatic rings. The molecule has 0 radical (unpaired) electrons. The van der Waals surface area contributed by atoms with Crippen LogP contribution < -0.4 is 0 Å². The Kier molecular flexibility index (Phi) is 4.59. The fourth-order valence-corrected chi connectivity index (χ4v) is 5.49. The average Bonchev–Trinajstić information content (AvgIpc) is 3.15. The Morgan fingerprint density at radius 1 is 0.964 bits per heavy atom. The van der Waals surface area contributed by atoms with Crippen molar-refractivity contribution >= 4 is 5.78 Å². The fraction of sp³-hybridized carbons (Fsp3) is 0.609. The Bertz CT molecular complexity index is 862. The van der Waals surface area contributed by atoms with Crippen molar-refractivity contribution < 1.29 is 13.8 Å². The molecule has 1 unspecified atom stereocenters. The lowest BCUT2D eigenvalue weighted by Crippen LogP contribution is -2.48. The summed E-state index contributed by atoms with van der Waals surface area (Å²) in [4.78, 5) is 13.7. The van der Waals surface area contributed by atoms with E-state index in [2.05, 4.69) is 23.3 Å². The number of nitrogens with zero attached hydrogens (tertiary/aromatic N) is 2. The highest BCUT2D eigenvalue weighted by Gasteiger charge is 2.53. The predicted molar refractivity (Wildman–Crippen MR) is 106 cm³/mol. The minimum Gasteiger partial charge on any atom is -0.361 e. The smallest absolute Gasteiger partial charge is 0.143 e. The van der Waals surface area contributed by atoms with Crippen LogP contribution in [0, 0.1) is 38.5 Å². The maximum atomic E-state index is 13.7. The van der Waals surface area contributed by atoms with Crippen LogP contribution in [0.5, 0.6) is 0 Å². The summed E-state index contributed by atoms with van der Waals surface area (Å²) in [5.74, 6) is 1.96. The lowest BCUT2D eigenvalue weighted by molar-refractivity contribution is -0.130. The van der Waals surface area contributed by atoms with E-state index < -0.39 is 5.41 Å². The minimum absolute atomic E-state index is 0.0874. The van der Waals surface area contributed by atoms with Crippen LogP contribution in [-0.4, -0.2) is 16.1 Å². The largest absolute Gasteiger partial charge is 0.361 e. The molecule has 28 heavy (non-hydrogen) atoms. The third-order valence-corrected chi connectivity index (χ3v) is 7.20. The van der Waals surface area contributed by atoms with Gasteiger partial charge in [0, 0.05) is 17.5 Å². The molecular weight excluding hydrogens is 352 g/mol. The van der Waals surface area contributed by atoms with E-state index in [1.165, 1.54) is 12.0 Å². The van der Waals surface area contributed by atoms with Gasteiger partial charge in [0.05, 0.1) is 16.8 Å². The lowest BCUT2D eigenvalue weighted by Gasteiger charge is -2.50. The zero-order valence-electron chi connectivity index (χ0n) is 17.6. The van der Waals surface area contributed by atoms with Crippen molar-refractivity contribution in [2.75, 3.05) is 0 Å². The first kappa shape index (κ1) is 19.2.